The third-order valence-corrected chi connectivity index (χ3v) is 3.51. The lowest BCUT2D eigenvalue weighted by molar-refractivity contribution is 0.172. The summed E-state index contributed by atoms with van der Waals surface area (Å²) >= 11 is 0. The van der Waals surface area contributed by atoms with Crippen molar-refractivity contribution in [3.8, 4) is 5.75 Å². The van der Waals surface area contributed by atoms with Crippen molar-refractivity contribution >= 4 is 5.69 Å². The number of ether oxygens (including phenoxy) is 1. The number of aryl methyl sites for hydroxylation is 1. The first-order valence-corrected chi connectivity index (χ1v) is 6.44. The second-order valence-corrected chi connectivity index (χ2v) is 4.94. The second kappa shape index (κ2) is 4.57. The van der Waals surface area contributed by atoms with Gasteiger partial charge in [0.05, 0.1) is 11.7 Å². The summed E-state index contributed by atoms with van der Waals surface area (Å²) in [7, 11) is 0. The number of nitrogens with one attached hydrogen (secondary N) is 1. The van der Waals surface area contributed by atoms with Gasteiger partial charge in [0.2, 0.25) is 0 Å². The third kappa shape index (κ3) is 2.05. The fourth-order valence-corrected chi connectivity index (χ4v) is 2.51. The molecule has 0 bridgehead atoms. The quantitative estimate of drug-likeness (QED) is 0.831. The molecule has 0 aliphatic carbocycles. The van der Waals surface area contributed by atoms with Crippen molar-refractivity contribution in [2.45, 2.75) is 26.0 Å². The Bertz CT molecular complexity index is 611. The molecule has 1 aliphatic heterocycles. The van der Waals surface area contributed by atoms with Crippen LogP contribution < -0.4 is 10.1 Å². The SMILES string of the molecule is Cc1cccc2c1OC(c1ccccc1F)C(C)N2. The standard InChI is InChI=1S/C16H16FNO/c1-10-6-5-9-14-15(10)19-16(11(2)18-14)12-7-3-4-8-13(12)17/h3-9,11,16,18H,1-2H3. The van der Waals surface area contributed by atoms with Gasteiger partial charge in [-0.15, -0.1) is 0 Å². The molecule has 2 nitrogen and oxygen atoms in total. The molecule has 2 aromatic rings. The van der Waals surface area contributed by atoms with Gasteiger partial charge >= 0.3 is 0 Å². The van der Waals surface area contributed by atoms with E-state index in [4.69, 9.17) is 4.74 Å². The zero-order valence-corrected chi connectivity index (χ0v) is 11.0. The summed E-state index contributed by atoms with van der Waals surface area (Å²) in [4.78, 5) is 0. The molecule has 0 amide bonds. The Labute approximate surface area is 112 Å². The molecule has 0 aromatic heterocycles. The first-order chi connectivity index (χ1) is 9.16. The van der Waals surface area contributed by atoms with Crippen LogP contribution in [0.25, 0.3) is 0 Å². The summed E-state index contributed by atoms with van der Waals surface area (Å²) in [6, 6.07) is 12.8. The average Bonchev–Trinajstić information content (AvgIpc) is 2.39. The van der Waals surface area contributed by atoms with E-state index in [-0.39, 0.29) is 18.0 Å². The van der Waals surface area contributed by atoms with E-state index in [1.54, 1.807) is 12.1 Å². The second-order valence-electron chi connectivity index (χ2n) is 4.94. The number of hydrogen-bond acceptors (Lipinski definition) is 2. The zero-order valence-electron chi connectivity index (χ0n) is 11.0. The van der Waals surface area contributed by atoms with Crippen LogP contribution in [-0.2, 0) is 0 Å². The highest BCUT2D eigenvalue weighted by Crippen LogP contribution is 2.39. The summed E-state index contributed by atoms with van der Waals surface area (Å²) in [5.74, 6) is 0.590. The average molecular weight is 257 g/mol. The predicted molar refractivity (Wildman–Crippen MR) is 74.0 cm³/mol. The highest BCUT2D eigenvalue weighted by Gasteiger charge is 2.30. The summed E-state index contributed by atoms with van der Waals surface area (Å²) < 4.78 is 20.0. The summed E-state index contributed by atoms with van der Waals surface area (Å²) in [6.45, 7) is 4.00. The topological polar surface area (TPSA) is 21.3 Å². The maximum atomic E-state index is 13.9. The van der Waals surface area contributed by atoms with Gasteiger partial charge in [-0.05, 0) is 31.5 Å². The molecule has 0 saturated carbocycles. The van der Waals surface area contributed by atoms with E-state index in [0.29, 0.717) is 5.56 Å². The van der Waals surface area contributed by atoms with Crippen LogP contribution in [0.2, 0.25) is 0 Å². The number of anilines is 1. The van der Waals surface area contributed by atoms with Gasteiger partial charge < -0.3 is 10.1 Å². The lowest BCUT2D eigenvalue weighted by atomic mass is 9.99. The molecule has 19 heavy (non-hydrogen) atoms. The van der Waals surface area contributed by atoms with E-state index in [1.165, 1.54) is 6.07 Å². The number of rotatable bonds is 1. The summed E-state index contributed by atoms with van der Waals surface area (Å²) in [6.07, 6.45) is -0.310. The fourth-order valence-electron chi connectivity index (χ4n) is 2.51. The molecular weight excluding hydrogens is 241 g/mol. The molecule has 3 rings (SSSR count). The van der Waals surface area contributed by atoms with Crippen molar-refractivity contribution in [1.82, 2.24) is 0 Å². The van der Waals surface area contributed by atoms with Gasteiger partial charge in [0, 0.05) is 5.56 Å². The highest BCUT2D eigenvalue weighted by molar-refractivity contribution is 5.62. The molecule has 98 valence electrons. The highest BCUT2D eigenvalue weighted by atomic mass is 19.1. The molecule has 1 aliphatic rings. The largest absolute Gasteiger partial charge is 0.481 e. The van der Waals surface area contributed by atoms with Gasteiger partial charge in [-0.1, -0.05) is 30.3 Å². The van der Waals surface area contributed by atoms with Gasteiger partial charge in [0.25, 0.3) is 0 Å². The first-order valence-electron chi connectivity index (χ1n) is 6.44. The fraction of sp³-hybridized carbons (Fsp3) is 0.250. The predicted octanol–water partition coefficient (Wildman–Crippen LogP) is 4.07. The molecule has 0 radical (unpaired) electrons. The van der Waals surface area contributed by atoms with Crippen LogP contribution in [0.15, 0.2) is 42.5 Å². The molecule has 1 heterocycles. The van der Waals surface area contributed by atoms with Crippen LogP contribution in [0.3, 0.4) is 0 Å². The normalized spacial score (nSPS) is 21.2. The molecule has 2 aromatic carbocycles. The Kier molecular flexibility index (Phi) is 2.90. The molecular formula is C16H16FNO. The monoisotopic (exact) mass is 257 g/mol. The van der Waals surface area contributed by atoms with Crippen molar-refractivity contribution in [3.63, 3.8) is 0 Å². The van der Waals surface area contributed by atoms with Crippen molar-refractivity contribution < 1.29 is 9.13 Å². The Morgan fingerprint density at radius 2 is 1.89 bits per heavy atom. The van der Waals surface area contributed by atoms with Crippen LogP contribution in [0.1, 0.15) is 24.2 Å². The van der Waals surface area contributed by atoms with E-state index < -0.39 is 0 Å². The number of fused-ring (bicyclic) bond motifs is 1. The summed E-state index contributed by atoms with van der Waals surface area (Å²) in [5, 5.41) is 3.38. The lowest BCUT2D eigenvalue weighted by Crippen LogP contribution is -2.33. The van der Waals surface area contributed by atoms with Crippen molar-refractivity contribution in [3.05, 3.63) is 59.4 Å². The van der Waals surface area contributed by atoms with Crippen LogP contribution in [0, 0.1) is 12.7 Å². The number of hydrogen-bond donors (Lipinski definition) is 1. The molecule has 3 heteroatoms. The van der Waals surface area contributed by atoms with Crippen molar-refractivity contribution in [2.24, 2.45) is 0 Å². The molecule has 2 unspecified atom stereocenters. The summed E-state index contributed by atoms with van der Waals surface area (Å²) in [5.41, 5.74) is 2.62. The maximum absolute atomic E-state index is 13.9. The first kappa shape index (κ1) is 12.0. The number of halogens is 1. The molecule has 0 spiro atoms. The van der Waals surface area contributed by atoms with E-state index >= 15 is 0 Å². The Hall–Kier alpha value is -2.03. The van der Waals surface area contributed by atoms with Gasteiger partial charge in [0.15, 0.2) is 0 Å². The minimum Gasteiger partial charge on any atom is -0.481 e. The van der Waals surface area contributed by atoms with Crippen LogP contribution in [-0.4, -0.2) is 6.04 Å². The van der Waals surface area contributed by atoms with Gasteiger partial charge in [0.1, 0.15) is 17.7 Å². The molecule has 1 N–H and O–H groups in total. The van der Waals surface area contributed by atoms with Crippen LogP contribution in [0.5, 0.6) is 5.75 Å². The maximum Gasteiger partial charge on any atom is 0.146 e. The van der Waals surface area contributed by atoms with E-state index in [2.05, 4.69) is 5.32 Å². The Morgan fingerprint density at radius 1 is 1.11 bits per heavy atom. The molecule has 0 fully saturated rings. The van der Waals surface area contributed by atoms with Gasteiger partial charge in [-0.25, -0.2) is 4.39 Å². The minimum absolute atomic E-state index is 0.0196. The van der Waals surface area contributed by atoms with Crippen molar-refractivity contribution in [2.75, 3.05) is 5.32 Å². The Morgan fingerprint density at radius 3 is 2.68 bits per heavy atom. The van der Waals surface area contributed by atoms with E-state index in [0.717, 1.165) is 17.0 Å². The lowest BCUT2D eigenvalue weighted by Gasteiger charge is -2.34. The third-order valence-electron chi connectivity index (χ3n) is 3.51. The van der Waals surface area contributed by atoms with E-state index in [9.17, 15) is 4.39 Å². The number of para-hydroxylation sites is 1. The van der Waals surface area contributed by atoms with E-state index in [1.807, 2.05) is 38.1 Å². The number of benzene rings is 2. The van der Waals surface area contributed by atoms with Gasteiger partial charge in [-0.2, -0.15) is 0 Å². The zero-order chi connectivity index (χ0) is 13.4. The minimum atomic E-state index is -0.310. The smallest absolute Gasteiger partial charge is 0.146 e. The van der Waals surface area contributed by atoms with Crippen LogP contribution >= 0.6 is 0 Å². The van der Waals surface area contributed by atoms with Crippen LogP contribution in [0.4, 0.5) is 10.1 Å². The Balaban J connectivity index is 2.02. The van der Waals surface area contributed by atoms with Crippen molar-refractivity contribution in [1.29, 1.82) is 0 Å². The molecule has 0 saturated heterocycles. The van der Waals surface area contributed by atoms with Gasteiger partial charge in [-0.3, -0.25) is 0 Å². The molecule has 2 atom stereocenters.